The van der Waals surface area contributed by atoms with E-state index in [1.807, 2.05) is 18.4 Å². The molecule has 1 aromatic heterocycles. The number of hydrogen-bond acceptors (Lipinski definition) is 3. The number of aromatic nitrogens is 2. The van der Waals surface area contributed by atoms with Crippen molar-refractivity contribution in [2.24, 2.45) is 0 Å². The third-order valence-electron chi connectivity index (χ3n) is 3.67. The lowest BCUT2D eigenvalue weighted by atomic mass is 10.2. The molecular formula is C14H23N3O2. The van der Waals surface area contributed by atoms with Gasteiger partial charge in [0.15, 0.2) is 0 Å². The fraction of sp³-hybridized carbons (Fsp3) is 0.714. The minimum absolute atomic E-state index is 0.121. The van der Waals surface area contributed by atoms with Crippen LogP contribution >= 0.6 is 0 Å². The third-order valence-corrected chi connectivity index (χ3v) is 3.67. The van der Waals surface area contributed by atoms with Crippen molar-refractivity contribution in [3.63, 3.8) is 0 Å². The molecule has 0 radical (unpaired) electrons. The van der Waals surface area contributed by atoms with Crippen molar-refractivity contribution in [3.05, 3.63) is 17.7 Å². The van der Waals surface area contributed by atoms with Crippen LogP contribution in [0.4, 0.5) is 0 Å². The molecule has 2 heterocycles. The second kappa shape index (κ2) is 6.19. The number of aromatic carboxylic acids is 1. The highest BCUT2D eigenvalue weighted by atomic mass is 16.4. The highest BCUT2D eigenvalue weighted by molar-refractivity contribution is 5.85. The van der Waals surface area contributed by atoms with E-state index in [9.17, 15) is 9.90 Å². The van der Waals surface area contributed by atoms with Crippen LogP contribution in [-0.2, 0) is 6.54 Å². The van der Waals surface area contributed by atoms with Gasteiger partial charge in [0.1, 0.15) is 11.5 Å². The van der Waals surface area contributed by atoms with Crippen LogP contribution in [0.1, 0.15) is 61.9 Å². The average molecular weight is 265 g/mol. The molecule has 0 bridgehead atoms. The van der Waals surface area contributed by atoms with Gasteiger partial charge in [-0.05, 0) is 39.8 Å². The maximum absolute atomic E-state index is 11.2. The molecule has 1 aromatic rings. The van der Waals surface area contributed by atoms with Crippen molar-refractivity contribution in [1.29, 1.82) is 0 Å². The van der Waals surface area contributed by atoms with Gasteiger partial charge in [-0.15, -0.1) is 0 Å². The maximum Gasteiger partial charge on any atom is 0.354 e. The smallest absolute Gasteiger partial charge is 0.354 e. The number of carboxylic acid groups (broad SMARTS) is 1. The summed E-state index contributed by atoms with van der Waals surface area (Å²) in [6.07, 6.45) is 6.54. The van der Waals surface area contributed by atoms with Gasteiger partial charge in [0, 0.05) is 6.04 Å². The van der Waals surface area contributed by atoms with Crippen LogP contribution in [0, 0.1) is 0 Å². The molecule has 0 amide bonds. The Bertz CT molecular complexity index is 432. The molecule has 5 heteroatoms. The number of nitrogens with zero attached hydrogens (tertiary/aromatic N) is 3. The fourth-order valence-electron chi connectivity index (χ4n) is 2.74. The minimum atomic E-state index is -0.900. The van der Waals surface area contributed by atoms with Crippen molar-refractivity contribution >= 4 is 5.97 Å². The zero-order valence-electron chi connectivity index (χ0n) is 11.8. The van der Waals surface area contributed by atoms with E-state index in [1.54, 1.807) is 0 Å². The van der Waals surface area contributed by atoms with Gasteiger partial charge in [-0.25, -0.2) is 9.78 Å². The number of imidazole rings is 1. The van der Waals surface area contributed by atoms with Crippen LogP contribution in [0.2, 0.25) is 0 Å². The number of likely N-dealkylation sites (tertiary alicyclic amines) is 1. The molecule has 0 unspecified atom stereocenters. The second-order valence-electron chi connectivity index (χ2n) is 5.52. The van der Waals surface area contributed by atoms with Gasteiger partial charge in [0.25, 0.3) is 0 Å². The van der Waals surface area contributed by atoms with Gasteiger partial charge in [-0.3, -0.25) is 4.90 Å². The molecule has 0 aromatic carbocycles. The molecule has 0 saturated carbocycles. The Morgan fingerprint density at radius 1 is 1.32 bits per heavy atom. The highest BCUT2D eigenvalue weighted by Crippen LogP contribution is 2.17. The molecule has 0 atom stereocenters. The van der Waals surface area contributed by atoms with Crippen LogP contribution in [0.5, 0.6) is 0 Å². The van der Waals surface area contributed by atoms with E-state index in [4.69, 9.17) is 0 Å². The molecule has 106 valence electrons. The summed E-state index contributed by atoms with van der Waals surface area (Å²) in [6, 6.07) is 0.121. The van der Waals surface area contributed by atoms with Gasteiger partial charge < -0.3 is 9.67 Å². The van der Waals surface area contributed by atoms with Crippen LogP contribution in [0.3, 0.4) is 0 Å². The van der Waals surface area contributed by atoms with Crippen molar-refractivity contribution < 1.29 is 9.90 Å². The molecule has 19 heavy (non-hydrogen) atoms. The average Bonchev–Trinajstić information content (AvgIpc) is 2.59. The molecule has 1 aliphatic rings. The standard InChI is InChI=1S/C14H23N3O2/c1-11(2)17-12(14(18)19)9-15-13(17)10-16-7-5-3-4-6-8-16/h9,11H,3-8,10H2,1-2H3,(H,18,19). The minimum Gasteiger partial charge on any atom is -0.477 e. The van der Waals surface area contributed by atoms with E-state index < -0.39 is 5.97 Å². The summed E-state index contributed by atoms with van der Waals surface area (Å²) in [4.78, 5) is 17.9. The van der Waals surface area contributed by atoms with Gasteiger partial charge >= 0.3 is 5.97 Å². The van der Waals surface area contributed by atoms with Gasteiger partial charge in [0.05, 0.1) is 12.7 Å². The van der Waals surface area contributed by atoms with E-state index >= 15 is 0 Å². The van der Waals surface area contributed by atoms with Gasteiger partial charge in [-0.2, -0.15) is 0 Å². The number of carbonyl (C=O) groups is 1. The van der Waals surface area contributed by atoms with E-state index in [0.717, 1.165) is 25.5 Å². The molecule has 5 nitrogen and oxygen atoms in total. The summed E-state index contributed by atoms with van der Waals surface area (Å²) < 4.78 is 1.84. The number of carboxylic acids is 1. The summed E-state index contributed by atoms with van der Waals surface area (Å²) in [7, 11) is 0. The Labute approximate surface area is 114 Å². The summed E-state index contributed by atoms with van der Waals surface area (Å²) in [5, 5.41) is 9.20. The van der Waals surface area contributed by atoms with E-state index in [-0.39, 0.29) is 6.04 Å². The maximum atomic E-state index is 11.2. The molecule has 1 saturated heterocycles. The first kappa shape index (κ1) is 14.1. The van der Waals surface area contributed by atoms with Crippen molar-refractivity contribution in [2.45, 2.75) is 52.1 Å². The highest BCUT2D eigenvalue weighted by Gasteiger charge is 2.20. The van der Waals surface area contributed by atoms with Crippen LogP contribution in [0.25, 0.3) is 0 Å². The molecule has 0 aliphatic carbocycles. The zero-order chi connectivity index (χ0) is 13.8. The predicted molar refractivity (Wildman–Crippen MR) is 73.3 cm³/mol. The SMILES string of the molecule is CC(C)n1c(C(=O)O)cnc1CN1CCCCCC1. The monoisotopic (exact) mass is 265 g/mol. The molecule has 1 N–H and O–H groups in total. The van der Waals surface area contributed by atoms with Gasteiger partial charge in [0.2, 0.25) is 0 Å². The first-order chi connectivity index (χ1) is 9.09. The predicted octanol–water partition coefficient (Wildman–Crippen LogP) is 2.54. The first-order valence-corrected chi connectivity index (χ1v) is 7.11. The lowest BCUT2D eigenvalue weighted by molar-refractivity contribution is 0.0682. The van der Waals surface area contributed by atoms with Crippen LogP contribution in [-0.4, -0.2) is 38.6 Å². The first-order valence-electron chi connectivity index (χ1n) is 7.11. The summed E-state index contributed by atoms with van der Waals surface area (Å²) in [6.45, 7) is 6.94. The van der Waals surface area contributed by atoms with E-state index in [1.165, 1.54) is 31.9 Å². The van der Waals surface area contributed by atoms with Crippen molar-refractivity contribution in [2.75, 3.05) is 13.1 Å². The zero-order valence-corrected chi connectivity index (χ0v) is 11.8. The lowest BCUT2D eigenvalue weighted by Crippen LogP contribution is -2.27. The summed E-state index contributed by atoms with van der Waals surface area (Å²) in [5.41, 5.74) is 0.292. The van der Waals surface area contributed by atoms with E-state index in [0.29, 0.717) is 5.69 Å². The molecular weight excluding hydrogens is 242 g/mol. The second-order valence-corrected chi connectivity index (χ2v) is 5.52. The molecule has 1 fully saturated rings. The largest absolute Gasteiger partial charge is 0.477 e. The van der Waals surface area contributed by atoms with Crippen LogP contribution < -0.4 is 0 Å². The molecule has 0 spiro atoms. The van der Waals surface area contributed by atoms with Gasteiger partial charge in [-0.1, -0.05) is 12.8 Å². The Morgan fingerprint density at radius 2 is 1.95 bits per heavy atom. The van der Waals surface area contributed by atoms with Crippen molar-refractivity contribution in [3.8, 4) is 0 Å². The number of rotatable bonds is 4. The Kier molecular flexibility index (Phi) is 4.58. The number of hydrogen-bond donors (Lipinski definition) is 1. The third kappa shape index (κ3) is 3.35. The Hall–Kier alpha value is -1.36. The lowest BCUT2D eigenvalue weighted by Gasteiger charge is -2.21. The van der Waals surface area contributed by atoms with E-state index in [2.05, 4.69) is 9.88 Å². The Morgan fingerprint density at radius 3 is 2.47 bits per heavy atom. The van der Waals surface area contributed by atoms with Crippen LogP contribution in [0.15, 0.2) is 6.20 Å². The normalized spacial score (nSPS) is 17.6. The topological polar surface area (TPSA) is 58.4 Å². The molecule has 1 aliphatic heterocycles. The molecule has 2 rings (SSSR count). The summed E-state index contributed by atoms with van der Waals surface area (Å²) >= 11 is 0. The Balaban J connectivity index is 2.17. The summed E-state index contributed by atoms with van der Waals surface area (Å²) in [5.74, 6) is -0.0300. The fourth-order valence-corrected chi connectivity index (χ4v) is 2.74. The quantitative estimate of drug-likeness (QED) is 0.909. The van der Waals surface area contributed by atoms with Crippen molar-refractivity contribution in [1.82, 2.24) is 14.5 Å².